The van der Waals surface area contributed by atoms with E-state index in [9.17, 15) is 17.6 Å². The molecule has 0 bridgehead atoms. The molecule has 0 spiro atoms. The van der Waals surface area contributed by atoms with Gasteiger partial charge in [0.1, 0.15) is 5.82 Å². The van der Waals surface area contributed by atoms with Gasteiger partial charge in [-0.05, 0) is 37.1 Å². The van der Waals surface area contributed by atoms with Crippen LogP contribution in [0, 0.1) is 11.7 Å². The molecule has 6 nitrogen and oxygen atoms in total. The Morgan fingerprint density at radius 2 is 1.95 bits per heavy atom. The maximum Gasteiger partial charge on any atom is 0.281 e. The third-order valence-electron chi connectivity index (χ3n) is 3.65. The lowest BCUT2D eigenvalue weighted by Crippen LogP contribution is -2.47. The third kappa shape index (κ3) is 3.82. The fourth-order valence-corrected chi connectivity index (χ4v) is 3.56. The molecule has 0 radical (unpaired) electrons. The summed E-state index contributed by atoms with van der Waals surface area (Å²) in [6.07, 6.45) is 1.26. The van der Waals surface area contributed by atoms with Gasteiger partial charge in [-0.15, -0.1) is 0 Å². The number of hydrogen-bond acceptors (Lipinski definition) is 3. The summed E-state index contributed by atoms with van der Waals surface area (Å²) in [5.74, 6) is -1.03. The molecule has 1 unspecified atom stereocenters. The number of hydrogen-bond donors (Lipinski definition) is 1. The smallest absolute Gasteiger partial charge is 0.281 e. The average molecular weight is 329 g/mol. The van der Waals surface area contributed by atoms with Crippen LogP contribution in [0.1, 0.15) is 12.8 Å². The normalized spacial score (nSPS) is 20.1. The minimum atomic E-state index is -3.51. The Kier molecular flexibility index (Phi) is 5.15. The van der Waals surface area contributed by atoms with Gasteiger partial charge in [0.2, 0.25) is 5.91 Å². The van der Waals surface area contributed by atoms with E-state index in [2.05, 4.69) is 5.32 Å². The molecule has 1 saturated heterocycles. The zero-order chi connectivity index (χ0) is 16.3. The Bertz CT molecular complexity index is 631. The molecule has 1 aromatic rings. The van der Waals surface area contributed by atoms with Crippen LogP contribution in [0.4, 0.5) is 10.1 Å². The van der Waals surface area contributed by atoms with E-state index in [0.717, 1.165) is 4.31 Å². The van der Waals surface area contributed by atoms with Gasteiger partial charge in [0.05, 0.1) is 5.92 Å². The van der Waals surface area contributed by atoms with Gasteiger partial charge in [-0.3, -0.25) is 4.79 Å². The summed E-state index contributed by atoms with van der Waals surface area (Å²) >= 11 is 0. The highest BCUT2D eigenvalue weighted by atomic mass is 32.2. The molecule has 1 aromatic carbocycles. The standard InChI is InChI=1S/C14H20FN3O3S/c1-17(2)22(20,21)18-9-3-4-11(10-18)14(19)16-13-7-5-12(15)6-8-13/h5-8,11H,3-4,9-10H2,1-2H3,(H,16,19). The van der Waals surface area contributed by atoms with Crippen LogP contribution < -0.4 is 5.32 Å². The van der Waals surface area contributed by atoms with Crippen LogP contribution in [0.3, 0.4) is 0 Å². The lowest BCUT2D eigenvalue weighted by Gasteiger charge is -2.32. The number of nitrogens with one attached hydrogen (secondary N) is 1. The highest BCUT2D eigenvalue weighted by Crippen LogP contribution is 2.22. The van der Waals surface area contributed by atoms with Crippen LogP contribution in [0.5, 0.6) is 0 Å². The predicted octanol–water partition coefficient (Wildman–Crippen LogP) is 1.28. The lowest BCUT2D eigenvalue weighted by atomic mass is 9.99. The van der Waals surface area contributed by atoms with Crippen molar-refractivity contribution in [1.82, 2.24) is 8.61 Å². The Morgan fingerprint density at radius 1 is 1.32 bits per heavy atom. The van der Waals surface area contributed by atoms with Crippen LogP contribution in [0.25, 0.3) is 0 Å². The molecular weight excluding hydrogens is 309 g/mol. The first-order valence-electron chi connectivity index (χ1n) is 7.05. The first-order valence-corrected chi connectivity index (χ1v) is 8.44. The van der Waals surface area contributed by atoms with Crippen molar-refractivity contribution in [2.45, 2.75) is 12.8 Å². The van der Waals surface area contributed by atoms with Crippen molar-refractivity contribution < 1.29 is 17.6 Å². The molecule has 0 aliphatic carbocycles. The lowest BCUT2D eigenvalue weighted by molar-refractivity contribution is -0.120. The van der Waals surface area contributed by atoms with Crippen LogP contribution in [0.15, 0.2) is 24.3 Å². The van der Waals surface area contributed by atoms with E-state index >= 15 is 0 Å². The van der Waals surface area contributed by atoms with Gasteiger partial charge in [-0.1, -0.05) is 0 Å². The highest BCUT2D eigenvalue weighted by Gasteiger charge is 2.33. The fraction of sp³-hybridized carbons (Fsp3) is 0.500. The third-order valence-corrected chi connectivity index (χ3v) is 5.56. The zero-order valence-electron chi connectivity index (χ0n) is 12.6. The summed E-state index contributed by atoms with van der Waals surface area (Å²) < 4.78 is 39.6. The van der Waals surface area contributed by atoms with Crippen molar-refractivity contribution in [2.24, 2.45) is 5.92 Å². The molecule has 1 heterocycles. The van der Waals surface area contributed by atoms with Crippen molar-refractivity contribution in [1.29, 1.82) is 0 Å². The molecule has 0 saturated carbocycles. The molecule has 2 rings (SSSR count). The number of benzene rings is 1. The van der Waals surface area contributed by atoms with Gasteiger partial charge in [-0.2, -0.15) is 17.0 Å². The number of carbonyl (C=O) groups is 1. The summed E-state index contributed by atoms with van der Waals surface area (Å²) in [5.41, 5.74) is 0.499. The number of amides is 1. The Balaban J connectivity index is 2.03. The molecule has 1 fully saturated rings. The van der Waals surface area contributed by atoms with E-state index < -0.39 is 16.1 Å². The number of rotatable bonds is 4. The number of carbonyl (C=O) groups excluding carboxylic acids is 1. The van der Waals surface area contributed by atoms with Gasteiger partial charge >= 0.3 is 0 Å². The Labute approximate surface area is 130 Å². The molecule has 122 valence electrons. The number of piperidine rings is 1. The molecule has 1 N–H and O–H groups in total. The van der Waals surface area contributed by atoms with E-state index in [1.165, 1.54) is 42.7 Å². The molecular formula is C14H20FN3O3S. The summed E-state index contributed by atoms with van der Waals surface area (Å²) in [5, 5.41) is 2.70. The highest BCUT2D eigenvalue weighted by molar-refractivity contribution is 7.86. The largest absolute Gasteiger partial charge is 0.326 e. The van der Waals surface area contributed by atoms with E-state index in [4.69, 9.17) is 0 Å². The van der Waals surface area contributed by atoms with Crippen LogP contribution in [-0.4, -0.2) is 50.1 Å². The molecule has 1 aliphatic heterocycles. The second-order valence-corrected chi connectivity index (χ2v) is 7.63. The maximum absolute atomic E-state index is 12.8. The summed E-state index contributed by atoms with van der Waals surface area (Å²) in [7, 11) is -0.568. The Hall–Kier alpha value is -1.51. The van der Waals surface area contributed by atoms with Crippen molar-refractivity contribution in [3.05, 3.63) is 30.1 Å². The minimum absolute atomic E-state index is 0.160. The molecule has 0 aromatic heterocycles. The van der Waals surface area contributed by atoms with E-state index in [1.54, 1.807) is 0 Å². The Morgan fingerprint density at radius 3 is 2.55 bits per heavy atom. The predicted molar refractivity (Wildman–Crippen MR) is 81.9 cm³/mol. The minimum Gasteiger partial charge on any atom is -0.326 e. The fourth-order valence-electron chi connectivity index (χ4n) is 2.37. The van der Waals surface area contributed by atoms with Gasteiger partial charge in [0.25, 0.3) is 10.2 Å². The topological polar surface area (TPSA) is 69.7 Å². The first-order chi connectivity index (χ1) is 10.3. The van der Waals surface area contributed by atoms with Gasteiger partial charge in [0, 0.05) is 32.9 Å². The quantitative estimate of drug-likeness (QED) is 0.905. The van der Waals surface area contributed by atoms with Crippen LogP contribution in [0.2, 0.25) is 0 Å². The van der Waals surface area contributed by atoms with E-state index in [1.807, 2.05) is 0 Å². The van der Waals surface area contributed by atoms with Crippen LogP contribution >= 0.6 is 0 Å². The van der Waals surface area contributed by atoms with Crippen LogP contribution in [-0.2, 0) is 15.0 Å². The monoisotopic (exact) mass is 329 g/mol. The molecule has 8 heteroatoms. The first kappa shape index (κ1) is 16.9. The number of halogens is 1. The van der Waals surface area contributed by atoms with Crippen molar-refractivity contribution >= 4 is 21.8 Å². The van der Waals surface area contributed by atoms with Gasteiger partial charge < -0.3 is 5.32 Å². The SMILES string of the molecule is CN(C)S(=O)(=O)N1CCCC(C(=O)Nc2ccc(F)cc2)C1. The molecule has 22 heavy (non-hydrogen) atoms. The summed E-state index contributed by atoms with van der Waals surface area (Å²) in [6, 6.07) is 5.48. The molecule has 1 atom stereocenters. The van der Waals surface area contributed by atoms with Crippen molar-refractivity contribution in [3.8, 4) is 0 Å². The number of nitrogens with zero attached hydrogens (tertiary/aromatic N) is 2. The van der Waals surface area contributed by atoms with E-state index in [0.29, 0.717) is 25.1 Å². The number of anilines is 1. The molecule has 1 amide bonds. The molecule has 1 aliphatic rings. The van der Waals surface area contributed by atoms with Crippen molar-refractivity contribution in [3.63, 3.8) is 0 Å². The average Bonchev–Trinajstić information content (AvgIpc) is 2.49. The second kappa shape index (κ2) is 6.72. The second-order valence-electron chi connectivity index (χ2n) is 5.48. The zero-order valence-corrected chi connectivity index (χ0v) is 13.4. The summed E-state index contributed by atoms with van der Waals surface area (Å²) in [4.78, 5) is 12.3. The maximum atomic E-state index is 12.8. The van der Waals surface area contributed by atoms with Crippen molar-refractivity contribution in [2.75, 3.05) is 32.5 Å². The van der Waals surface area contributed by atoms with Gasteiger partial charge in [0.15, 0.2) is 0 Å². The van der Waals surface area contributed by atoms with E-state index in [-0.39, 0.29) is 18.3 Å². The van der Waals surface area contributed by atoms with Gasteiger partial charge in [-0.25, -0.2) is 4.39 Å². The summed E-state index contributed by atoms with van der Waals surface area (Å²) in [6.45, 7) is 0.578.